The Bertz CT molecular complexity index is 552. The molecular formula is C13H12F3NOS. The van der Waals surface area contributed by atoms with Gasteiger partial charge in [0.1, 0.15) is 0 Å². The summed E-state index contributed by atoms with van der Waals surface area (Å²) in [4.78, 5) is 0.893. The third-order valence-electron chi connectivity index (χ3n) is 2.75. The maximum absolute atomic E-state index is 12.6. The number of halogens is 3. The molecular weight excluding hydrogens is 275 g/mol. The van der Waals surface area contributed by atoms with E-state index in [2.05, 4.69) is 0 Å². The van der Waals surface area contributed by atoms with Crippen LogP contribution in [0.2, 0.25) is 0 Å². The fourth-order valence-electron chi connectivity index (χ4n) is 1.77. The maximum Gasteiger partial charge on any atom is 0.416 e. The maximum atomic E-state index is 12.6. The van der Waals surface area contributed by atoms with Crippen molar-refractivity contribution < 1.29 is 18.3 Å². The number of benzene rings is 1. The van der Waals surface area contributed by atoms with E-state index in [1.165, 1.54) is 17.4 Å². The van der Waals surface area contributed by atoms with Crippen molar-refractivity contribution in [3.8, 4) is 0 Å². The van der Waals surface area contributed by atoms with Gasteiger partial charge in [0.05, 0.1) is 11.7 Å². The molecule has 1 atom stereocenters. The minimum Gasteiger partial charge on any atom is -0.398 e. The van der Waals surface area contributed by atoms with E-state index in [1.54, 1.807) is 0 Å². The number of hydrogen-bond donors (Lipinski definition) is 2. The number of hydrogen-bond acceptors (Lipinski definition) is 3. The van der Waals surface area contributed by atoms with E-state index in [9.17, 15) is 18.3 Å². The van der Waals surface area contributed by atoms with Crippen LogP contribution in [0.5, 0.6) is 0 Å². The zero-order valence-corrected chi connectivity index (χ0v) is 10.6. The standard InChI is InChI=1S/C13H12F3NOS/c14-13(15,16)8-3-4-11(17)10(6-8)12(18)7-9-2-1-5-19-9/h1-6,12,18H,7,17H2. The molecule has 2 rings (SSSR count). The molecule has 102 valence electrons. The van der Waals surface area contributed by atoms with Crippen LogP contribution in [0, 0.1) is 0 Å². The number of thiophene rings is 1. The van der Waals surface area contributed by atoms with Gasteiger partial charge in [-0.1, -0.05) is 6.07 Å². The SMILES string of the molecule is Nc1ccc(C(F)(F)F)cc1C(O)Cc1cccs1. The van der Waals surface area contributed by atoms with Crippen molar-refractivity contribution in [1.82, 2.24) is 0 Å². The molecule has 0 aliphatic rings. The van der Waals surface area contributed by atoms with Crippen LogP contribution in [0.15, 0.2) is 35.7 Å². The lowest BCUT2D eigenvalue weighted by Crippen LogP contribution is -2.10. The third-order valence-corrected chi connectivity index (χ3v) is 3.65. The summed E-state index contributed by atoms with van der Waals surface area (Å²) >= 11 is 1.44. The number of nitrogen functional groups attached to an aromatic ring is 1. The van der Waals surface area contributed by atoms with Crippen molar-refractivity contribution in [1.29, 1.82) is 0 Å². The number of nitrogens with two attached hydrogens (primary N) is 1. The Labute approximate surface area is 112 Å². The molecule has 0 fully saturated rings. The molecule has 0 aliphatic carbocycles. The molecule has 6 heteroatoms. The second kappa shape index (κ2) is 5.22. The summed E-state index contributed by atoms with van der Waals surface area (Å²) in [6.45, 7) is 0. The summed E-state index contributed by atoms with van der Waals surface area (Å²) in [7, 11) is 0. The van der Waals surface area contributed by atoms with Crippen LogP contribution in [-0.4, -0.2) is 5.11 Å². The highest BCUT2D eigenvalue weighted by Gasteiger charge is 2.31. The summed E-state index contributed by atoms with van der Waals surface area (Å²) in [6, 6.07) is 6.64. The second-order valence-corrected chi connectivity index (χ2v) is 5.17. The van der Waals surface area contributed by atoms with Crippen molar-refractivity contribution in [3.63, 3.8) is 0 Å². The molecule has 0 radical (unpaired) electrons. The van der Waals surface area contributed by atoms with Crippen LogP contribution in [0.3, 0.4) is 0 Å². The Morgan fingerprint density at radius 3 is 2.58 bits per heavy atom. The number of rotatable bonds is 3. The predicted octanol–water partition coefficient (Wildman–Crippen LogP) is 3.63. The number of aliphatic hydroxyl groups excluding tert-OH is 1. The van der Waals surface area contributed by atoms with E-state index in [-0.39, 0.29) is 17.7 Å². The van der Waals surface area contributed by atoms with Gasteiger partial charge in [-0.2, -0.15) is 13.2 Å². The predicted molar refractivity (Wildman–Crippen MR) is 68.8 cm³/mol. The molecule has 1 unspecified atom stereocenters. The first-order valence-electron chi connectivity index (χ1n) is 5.55. The molecule has 0 aliphatic heterocycles. The highest BCUT2D eigenvalue weighted by Crippen LogP contribution is 2.34. The van der Waals surface area contributed by atoms with Crippen molar-refractivity contribution in [2.24, 2.45) is 0 Å². The van der Waals surface area contributed by atoms with Crippen molar-refractivity contribution in [2.45, 2.75) is 18.7 Å². The summed E-state index contributed by atoms with van der Waals surface area (Å²) < 4.78 is 37.9. The first kappa shape index (κ1) is 13.9. The highest BCUT2D eigenvalue weighted by molar-refractivity contribution is 7.09. The van der Waals surface area contributed by atoms with Gasteiger partial charge in [-0.3, -0.25) is 0 Å². The molecule has 0 saturated carbocycles. The molecule has 0 amide bonds. The fourth-order valence-corrected chi connectivity index (χ4v) is 2.51. The summed E-state index contributed by atoms with van der Waals surface area (Å²) in [6.07, 6.45) is -5.23. The zero-order chi connectivity index (χ0) is 14.0. The first-order valence-corrected chi connectivity index (χ1v) is 6.43. The summed E-state index contributed by atoms with van der Waals surface area (Å²) in [5.41, 5.74) is 5.11. The van der Waals surface area contributed by atoms with Gasteiger partial charge in [-0.25, -0.2) is 0 Å². The first-order chi connectivity index (χ1) is 8.88. The van der Waals surface area contributed by atoms with E-state index in [0.29, 0.717) is 0 Å². The monoisotopic (exact) mass is 287 g/mol. The Morgan fingerprint density at radius 1 is 1.26 bits per heavy atom. The van der Waals surface area contributed by atoms with Gasteiger partial charge in [-0.15, -0.1) is 11.3 Å². The molecule has 3 N–H and O–H groups in total. The normalized spacial score (nSPS) is 13.5. The average Bonchev–Trinajstić information content (AvgIpc) is 2.80. The summed E-state index contributed by atoms with van der Waals surface area (Å²) in [5, 5.41) is 11.9. The highest BCUT2D eigenvalue weighted by atomic mass is 32.1. The second-order valence-electron chi connectivity index (χ2n) is 4.14. The van der Waals surface area contributed by atoms with Gasteiger partial charge in [0.25, 0.3) is 0 Å². The van der Waals surface area contributed by atoms with E-state index in [4.69, 9.17) is 5.73 Å². The van der Waals surface area contributed by atoms with Gasteiger partial charge >= 0.3 is 6.18 Å². The molecule has 2 aromatic rings. The molecule has 1 aromatic heterocycles. The van der Waals surface area contributed by atoms with E-state index >= 15 is 0 Å². The summed E-state index contributed by atoms with van der Waals surface area (Å²) in [5.74, 6) is 0. The zero-order valence-electron chi connectivity index (χ0n) is 9.82. The molecule has 0 saturated heterocycles. The van der Waals surface area contributed by atoms with Gasteiger partial charge in [0, 0.05) is 22.5 Å². The Balaban J connectivity index is 2.28. The van der Waals surface area contributed by atoms with Gasteiger partial charge < -0.3 is 10.8 Å². The van der Waals surface area contributed by atoms with Gasteiger partial charge in [0.2, 0.25) is 0 Å². The minimum atomic E-state index is -4.44. The number of aliphatic hydroxyl groups is 1. The fraction of sp³-hybridized carbons (Fsp3) is 0.231. The van der Waals surface area contributed by atoms with E-state index < -0.39 is 17.8 Å². The Kier molecular flexibility index (Phi) is 3.82. The molecule has 0 bridgehead atoms. The molecule has 19 heavy (non-hydrogen) atoms. The number of alkyl halides is 3. The van der Waals surface area contributed by atoms with E-state index in [0.717, 1.165) is 17.0 Å². The average molecular weight is 287 g/mol. The minimum absolute atomic E-state index is 0.114. The lowest BCUT2D eigenvalue weighted by Gasteiger charge is -2.15. The van der Waals surface area contributed by atoms with Gasteiger partial charge in [0.15, 0.2) is 0 Å². The smallest absolute Gasteiger partial charge is 0.398 e. The van der Waals surface area contributed by atoms with Crippen molar-refractivity contribution >= 4 is 17.0 Å². The van der Waals surface area contributed by atoms with Crippen molar-refractivity contribution in [3.05, 3.63) is 51.7 Å². The topological polar surface area (TPSA) is 46.2 Å². The number of anilines is 1. The van der Waals surface area contributed by atoms with Crippen LogP contribution in [0.25, 0.3) is 0 Å². The van der Waals surface area contributed by atoms with Crippen LogP contribution in [0.4, 0.5) is 18.9 Å². The largest absolute Gasteiger partial charge is 0.416 e. The van der Waals surface area contributed by atoms with Gasteiger partial charge in [-0.05, 0) is 29.6 Å². The molecule has 2 nitrogen and oxygen atoms in total. The van der Waals surface area contributed by atoms with Crippen LogP contribution >= 0.6 is 11.3 Å². The lowest BCUT2D eigenvalue weighted by molar-refractivity contribution is -0.137. The molecule has 0 spiro atoms. The van der Waals surface area contributed by atoms with Crippen LogP contribution < -0.4 is 5.73 Å². The lowest BCUT2D eigenvalue weighted by atomic mass is 10.0. The quantitative estimate of drug-likeness (QED) is 0.847. The molecule has 1 aromatic carbocycles. The Morgan fingerprint density at radius 2 is 2.00 bits per heavy atom. The van der Waals surface area contributed by atoms with Crippen molar-refractivity contribution in [2.75, 3.05) is 5.73 Å². The van der Waals surface area contributed by atoms with Crippen LogP contribution in [0.1, 0.15) is 22.1 Å². The van der Waals surface area contributed by atoms with E-state index in [1.807, 2.05) is 17.5 Å². The third kappa shape index (κ3) is 3.27. The molecule has 1 heterocycles. The van der Waals surface area contributed by atoms with Crippen LogP contribution in [-0.2, 0) is 12.6 Å². The Hall–Kier alpha value is -1.53.